The minimum atomic E-state index is -2.03. The van der Waals surface area contributed by atoms with Gasteiger partial charge in [-0.3, -0.25) is 4.79 Å². The average molecular weight is 294 g/mol. The van der Waals surface area contributed by atoms with Crippen LogP contribution in [0.5, 0.6) is 0 Å². The molecule has 0 heterocycles. The zero-order valence-corrected chi connectivity index (χ0v) is 11.6. The number of amides is 1. The second-order valence-corrected chi connectivity index (χ2v) is 5.78. The van der Waals surface area contributed by atoms with Gasteiger partial charge in [0.05, 0.1) is 0 Å². The Labute approximate surface area is 115 Å². The first-order chi connectivity index (χ1) is 7.82. The first-order valence-electron chi connectivity index (χ1n) is 4.75. The molecule has 0 bridgehead atoms. The molecule has 17 heavy (non-hydrogen) atoms. The second kappa shape index (κ2) is 5.71. The third kappa shape index (κ3) is 4.19. The highest BCUT2D eigenvalue weighted by Gasteiger charge is 2.31. The van der Waals surface area contributed by atoms with E-state index in [0.29, 0.717) is 5.84 Å². The molecule has 0 spiro atoms. The smallest absolute Gasteiger partial charge is 0.299 e. The van der Waals surface area contributed by atoms with Crippen molar-refractivity contribution in [1.82, 2.24) is 4.90 Å². The fourth-order valence-corrected chi connectivity index (χ4v) is 1.30. The van der Waals surface area contributed by atoms with Crippen molar-refractivity contribution in [3.63, 3.8) is 0 Å². The summed E-state index contributed by atoms with van der Waals surface area (Å²) >= 11 is 16.4. The number of alkyl halides is 3. The topological polar surface area (TPSA) is 32.7 Å². The SMILES string of the molecule is CN(C)C(=NC(=O)C(Cl)(Cl)Cl)c1ccccc1. The summed E-state index contributed by atoms with van der Waals surface area (Å²) in [7, 11) is 3.52. The summed E-state index contributed by atoms with van der Waals surface area (Å²) in [5.74, 6) is -0.364. The van der Waals surface area contributed by atoms with Crippen LogP contribution >= 0.6 is 34.8 Å². The van der Waals surface area contributed by atoms with Gasteiger partial charge < -0.3 is 4.90 Å². The number of carbonyl (C=O) groups is 1. The van der Waals surface area contributed by atoms with Crippen molar-refractivity contribution in [2.45, 2.75) is 3.79 Å². The third-order valence-electron chi connectivity index (χ3n) is 1.91. The number of aliphatic imine (C=N–C) groups is 1. The van der Waals surface area contributed by atoms with Crippen molar-refractivity contribution >= 4 is 46.5 Å². The first-order valence-corrected chi connectivity index (χ1v) is 5.88. The highest BCUT2D eigenvalue weighted by molar-refractivity contribution is 6.76. The van der Waals surface area contributed by atoms with E-state index in [9.17, 15) is 4.79 Å². The number of nitrogens with zero attached hydrogens (tertiary/aromatic N) is 2. The molecule has 92 valence electrons. The van der Waals surface area contributed by atoms with Gasteiger partial charge in [-0.25, -0.2) is 0 Å². The lowest BCUT2D eigenvalue weighted by atomic mass is 10.2. The molecule has 0 aliphatic carbocycles. The lowest BCUT2D eigenvalue weighted by Gasteiger charge is -2.16. The number of hydrogen-bond donors (Lipinski definition) is 0. The van der Waals surface area contributed by atoms with Crippen molar-refractivity contribution in [3.8, 4) is 0 Å². The largest absolute Gasteiger partial charge is 0.362 e. The predicted octanol–water partition coefficient (Wildman–Crippen LogP) is 2.89. The Bertz CT molecular complexity index is 424. The van der Waals surface area contributed by atoms with E-state index in [2.05, 4.69) is 4.99 Å². The minimum Gasteiger partial charge on any atom is -0.362 e. The molecule has 0 N–H and O–H groups in total. The first kappa shape index (κ1) is 14.3. The molecule has 0 aromatic heterocycles. The van der Waals surface area contributed by atoms with E-state index in [4.69, 9.17) is 34.8 Å². The van der Waals surface area contributed by atoms with Gasteiger partial charge in [0, 0.05) is 19.7 Å². The van der Waals surface area contributed by atoms with Crippen LogP contribution in [0.3, 0.4) is 0 Å². The van der Waals surface area contributed by atoms with Crippen LogP contribution in [0.2, 0.25) is 0 Å². The van der Waals surface area contributed by atoms with Crippen LogP contribution in [0, 0.1) is 0 Å². The average Bonchev–Trinajstić information content (AvgIpc) is 2.25. The monoisotopic (exact) mass is 292 g/mol. The Morgan fingerprint density at radius 2 is 1.71 bits per heavy atom. The van der Waals surface area contributed by atoms with Crippen LogP contribution in [0.25, 0.3) is 0 Å². The fraction of sp³-hybridized carbons (Fsp3) is 0.273. The lowest BCUT2D eigenvalue weighted by molar-refractivity contribution is -0.117. The van der Waals surface area contributed by atoms with E-state index in [1.807, 2.05) is 30.3 Å². The number of benzene rings is 1. The van der Waals surface area contributed by atoms with Crippen LogP contribution in [0.4, 0.5) is 0 Å². The molecule has 1 rings (SSSR count). The molecule has 1 amide bonds. The molecule has 0 saturated carbocycles. The van der Waals surface area contributed by atoms with Crippen molar-refractivity contribution in [2.24, 2.45) is 4.99 Å². The lowest BCUT2D eigenvalue weighted by Crippen LogP contribution is -2.27. The summed E-state index contributed by atoms with van der Waals surface area (Å²) in [5, 5.41) is 0. The Morgan fingerprint density at radius 1 is 1.18 bits per heavy atom. The number of amidine groups is 1. The van der Waals surface area contributed by atoms with E-state index >= 15 is 0 Å². The maximum atomic E-state index is 11.5. The number of carbonyl (C=O) groups excluding carboxylic acids is 1. The van der Waals surface area contributed by atoms with Crippen LogP contribution in [-0.2, 0) is 4.79 Å². The van der Waals surface area contributed by atoms with Gasteiger partial charge in [0.15, 0.2) is 0 Å². The molecule has 6 heteroatoms. The van der Waals surface area contributed by atoms with Gasteiger partial charge in [-0.2, -0.15) is 4.99 Å². The van der Waals surface area contributed by atoms with Crippen LogP contribution < -0.4 is 0 Å². The van der Waals surface area contributed by atoms with Crippen molar-refractivity contribution in [1.29, 1.82) is 0 Å². The summed E-state index contributed by atoms with van der Waals surface area (Å²) in [5.41, 5.74) is 0.778. The van der Waals surface area contributed by atoms with Crippen LogP contribution in [0.15, 0.2) is 35.3 Å². The Morgan fingerprint density at radius 3 is 2.12 bits per heavy atom. The molecule has 0 atom stereocenters. The summed E-state index contributed by atoms with van der Waals surface area (Å²) in [4.78, 5) is 17.1. The van der Waals surface area contributed by atoms with E-state index in [1.54, 1.807) is 19.0 Å². The van der Waals surface area contributed by atoms with E-state index in [0.717, 1.165) is 5.56 Å². The molecule has 3 nitrogen and oxygen atoms in total. The molecule has 1 aromatic carbocycles. The van der Waals surface area contributed by atoms with Gasteiger partial charge in [-0.15, -0.1) is 0 Å². The summed E-state index contributed by atoms with van der Waals surface area (Å²) in [6, 6.07) is 9.20. The number of hydrogen-bond acceptors (Lipinski definition) is 1. The third-order valence-corrected chi connectivity index (χ3v) is 2.39. The fourth-order valence-electron chi connectivity index (χ4n) is 1.17. The Balaban J connectivity index is 3.12. The standard InChI is InChI=1S/C11H11Cl3N2O/c1-16(2)9(8-6-4-3-5-7-8)15-10(17)11(12,13)14/h3-7H,1-2H3. The highest BCUT2D eigenvalue weighted by Crippen LogP contribution is 2.27. The molecule has 0 saturated heterocycles. The van der Waals surface area contributed by atoms with Gasteiger partial charge in [-0.1, -0.05) is 65.1 Å². The number of rotatable bonds is 1. The highest BCUT2D eigenvalue weighted by atomic mass is 35.6. The van der Waals surface area contributed by atoms with Crippen molar-refractivity contribution in [2.75, 3.05) is 14.1 Å². The van der Waals surface area contributed by atoms with Gasteiger partial charge in [0.2, 0.25) is 0 Å². The zero-order valence-electron chi connectivity index (χ0n) is 9.32. The van der Waals surface area contributed by atoms with E-state index in [-0.39, 0.29) is 0 Å². The predicted molar refractivity (Wildman–Crippen MR) is 72.0 cm³/mol. The Hall–Kier alpha value is -0.770. The molecule has 0 radical (unpaired) electrons. The van der Waals surface area contributed by atoms with Crippen LogP contribution in [-0.4, -0.2) is 34.5 Å². The Kier molecular flexibility index (Phi) is 4.80. The second-order valence-electron chi connectivity index (χ2n) is 3.50. The quantitative estimate of drug-likeness (QED) is 0.453. The number of halogens is 3. The molecule has 0 aliphatic rings. The maximum absolute atomic E-state index is 11.5. The van der Waals surface area contributed by atoms with Gasteiger partial charge >= 0.3 is 0 Å². The minimum absolute atomic E-state index is 0.446. The van der Waals surface area contributed by atoms with Gasteiger partial charge in [0.1, 0.15) is 5.84 Å². The summed E-state index contributed by atoms with van der Waals surface area (Å²) in [6.45, 7) is 0. The summed E-state index contributed by atoms with van der Waals surface area (Å²) < 4.78 is -2.03. The van der Waals surface area contributed by atoms with Crippen molar-refractivity contribution < 1.29 is 4.79 Å². The molecule has 0 aliphatic heterocycles. The molecular weight excluding hydrogens is 282 g/mol. The van der Waals surface area contributed by atoms with Gasteiger partial charge in [0.25, 0.3) is 9.70 Å². The van der Waals surface area contributed by atoms with E-state index < -0.39 is 9.70 Å². The zero-order chi connectivity index (χ0) is 13.1. The molecule has 1 aromatic rings. The summed E-state index contributed by atoms with van der Waals surface area (Å²) in [6.07, 6.45) is 0. The van der Waals surface area contributed by atoms with Gasteiger partial charge in [-0.05, 0) is 0 Å². The van der Waals surface area contributed by atoms with E-state index in [1.165, 1.54) is 0 Å². The molecule has 0 fully saturated rings. The maximum Gasteiger partial charge on any atom is 0.299 e. The van der Waals surface area contributed by atoms with Crippen molar-refractivity contribution in [3.05, 3.63) is 35.9 Å². The van der Waals surface area contributed by atoms with Crippen LogP contribution in [0.1, 0.15) is 5.56 Å². The molecular formula is C11H11Cl3N2O. The molecule has 0 unspecified atom stereocenters. The normalized spacial score (nSPS) is 12.4.